The molecule has 75 heavy (non-hydrogen) atoms. The van der Waals surface area contributed by atoms with E-state index in [1.165, 1.54) is 10.4 Å². The number of methoxy groups -OCH3 is 1. The number of thioether (sulfide) groups is 1. The topological polar surface area (TPSA) is 140 Å². The zero-order chi connectivity index (χ0) is 55.2. The Hall–Kier alpha value is -4.20. The van der Waals surface area contributed by atoms with Crippen LogP contribution in [0.4, 0.5) is 0 Å². The third-order valence-electron chi connectivity index (χ3n) is 14.3. The van der Waals surface area contributed by atoms with E-state index in [4.69, 9.17) is 42.8 Å². The van der Waals surface area contributed by atoms with Gasteiger partial charge in [-0.15, -0.1) is 11.8 Å². The SMILES string of the molecule is COCOc1ccc(OCCN=[N+]=[N-])c(C(CC[C@@H]2OC(C)(C)O[C@@H]2C(/C=C\[C@@H](C)C(C)O[Si](c2ccccc2)(c2ccccc2)C(C)(C)C)O[Si](C)(C)C(C)(C)C)Sc2ccccc2)c1C(=O)OCC[Si](C)(C)C. The maximum absolute atomic E-state index is 14.6. The summed E-state index contributed by atoms with van der Waals surface area (Å²) in [6.07, 6.45) is 3.96. The highest BCUT2D eigenvalue weighted by Crippen LogP contribution is 2.49. The summed E-state index contributed by atoms with van der Waals surface area (Å²) in [4.78, 5) is 18.6. The average molecular weight is 1100 g/mol. The van der Waals surface area contributed by atoms with E-state index >= 15 is 0 Å². The van der Waals surface area contributed by atoms with Gasteiger partial charge in [-0.3, -0.25) is 0 Å². The van der Waals surface area contributed by atoms with Gasteiger partial charge in [0.1, 0.15) is 23.2 Å². The van der Waals surface area contributed by atoms with Crippen molar-refractivity contribution in [1.29, 1.82) is 0 Å². The molecule has 0 aromatic heterocycles. The average Bonchev–Trinajstić information content (AvgIpc) is 3.66. The zero-order valence-corrected chi connectivity index (χ0v) is 51.6. The number of rotatable bonds is 27. The van der Waals surface area contributed by atoms with Gasteiger partial charge in [-0.2, -0.15) is 0 Å². The number of hydrogen-bond acceptors (Lipinski definition) is 11. The normalized spacial score (nSPS) is 18.0. The Balaban J connectivity index is 1.59. The number of esters is 1. The van der Waals surface area contributed by atoms with Crippen molar-refractivity contribution >= 4 is 52.8 Å². The first-order valence-corrected chi connectivity index (χ1v) is 36.0. The number of azide groups is 1. The Morgan fingerprint density at radius 2 is 1.37 bits per heavy atom. The van der Waals surface area contributed by atoms with E-state index in [1.54, 1.807) is 24.9 Å². The second kappa shape index (κ2) is 26.9. The lowest BCUT2D eigenvalue weighted by Crippen LogP contribution is -2.67. The lowest BCUT2D eigenvalue weighted by molar-refractivity contribution is -0.152. The van der Waals surface area contributed by atoms with Crippen LogP contribution < -0.4 is 19.8 Å². The lowest BCUT2D eigenvalue weighted by atomic mass is 9.95. The maximum Gasteiger partial charge on any atom is 0.342 e. The van der Waals surface area contributed by atoms with Gasteiger partial charge in [-0.25, -0.2) is 4.79 Å². The van der Waals surface area contributed by atoms with Gasteiger partial charge >= 0.3 is 5.97 Å². The summed E-state index contributed by atoms with van der Waals surface area (Å²) in [5.41, 5.74) is 10.0. The molecule has 6 atom stereocenters. The lowest BCUT2D eigenvalue weighted by Gasteiger charge is -2.45. The van der Waals surface area contributed by atoms with Crippen LogP contribution in [0.2, 0.25) is 48.9 Å². The van der Waals surface area contributed by atoms with E-state index in [-0.39, 0.29) is 54.2 Å². The quantitative estimate of drug-likeness (QED) is 0.00652. The molecular formula is C59H87N3O9SSi3. The second-order valence-corrected chi connectivity index (χ2v) is 39.8. The summed E-state index contributed by atoms with van der Waals surface area (Å²) >= 11 is 1.62. The maximum atomic E-state index is 14.6. The molecule has 0 aliphatic carbocycles. The predicted octanol–water partition coefficient (Wildman–Crippen LogP) is 14.5. The van der Waals surface area contributed by atoms with E-state index in [2.05, 4.69) is 183 Å². The first kappa shape index (κ1) is 61.7. The molecule has 410 valence electrons. The van der Waals surface area contributed by atoms with Crippen molar-refractivity contribution in [3.63, 3.8) is 0 Å². The molecule has 1 saturated heterocycles. The monoisotopic (exact) mass is 1100 g/mol. The van der Waals surface area contributed by atoms with Crippen LogP contribution in [0.1, 0.15) is 103 Å². The van der Waals surface area contributed by atoms with Gasteiger partial charge in [0.15, 0.2) is 20.9 Å². The smallest absolute Gasteiger partial charge is 0.342 e. The minimum atomic E-state index is -2.85. The van der Waals surface area contributed by atoms with E-state index in [0.29, 0.717) is 29.9 Å². The van der Waals surface area contributed by atoms with Gasteiger partial charge in [0.2, 0.25) is 0 Å². The third kappa shape index (κ3) is 16.9. The first-order valence-electron chi connectivity index (χ1n) is 26.6. The molecule has 0 N–H and O–H groups in total. The molecule has 4 aromatic carbocycles. The molecule has 4 aromatic rings. The van der Waals surface area contributed by atoms with Crippen LogP contribution in [0.3, 0.4) is 0 Å². The molecule has 3 unspecified atom stereocenters. The van der Waals surface area contributed by atoms with Crippen molar-refractivity contribution in [3.05, 3.63) is 137 Å². The summed E-state index contributed by atoms with van der Waals surface area (Å²) < 4.78 is 53.1. The standard InChI is InChI=1S/C59H87N3O9SSi3/c1-43(44(2)70-75(58(6,7)8,46-28-22-18-23-29-46)47-30-24-19-25-31-47)32-33-51(71-74(15,16)57(3,4)5)55-50(68-59(9,10)69-55)36-37-52(72-45-26-20-17-21-27-45)53-48(65-39-38-61-62-60)34-35-49(67-42-64-11)54(53)56(63)66-40-41-73(12,13)14/h17-35,43-44,50-52,55H,36-42H2,1-16H3/b33-32-/t43-,44?,50+,51?,52?,55+/m1/s1. The molecule has 1 aliphatic heterocycles. The Bertz CT molecular complexity index is 2450. The molecule has 0 spiro atoms. The summed E-state index contributed by atoms with van der Waals surface area (Å²) in [5.74, 6) is -0.667. The van der Waals surface area contributed by atoms with E-state index < -0.39 is 60.0 Å². The minimum absolute atomic E-state index is 0.00797. The Morgan fingerprint density at radius 1 is 0.787 bits per heavy atom. The van der Waals surface area contributed by atoms with Crippen LogP contribution in [0, 0.1) is 5.92 Å². The summed E-state index contributed by atoms with van der Waals surface area (Å²) in [7, 11) is -5.31. The van der Waals surface area contributed by atoms with E-state index in [1.807, 2.05) is 38.1 Å². The summed E-state index contributed by atoms with van der Waals surface area (Å²) in [6, 6.07) is 36.0. The van der Waals surface area contributed by atoms with Gasteiger partial charge in [-0.1, -0.05) is 164 Å². The highest BCUT2D eigenvalue weighted by Gasteiger charge is 2.52. The Labute approximate surface area is 456 Å². The first-order chi connectivity index (χ1) is 35.2. The largest absolute Gasteiger partial charge is 0.493 e. The minimum Gasteiger partial charge on any atom is -0.493 e. The number of hydrogen-bond donors (Lipinski definition) is 0. The molecule has 0 radical (unpaired) electrons. The van der Waals surface area contributed by atoms with Gasteiger partial charge in [0.25, 0.3) is 8.32 Å². The van der Waals surface area contributed by atoms with E-state index in [9.17, 15) is 4.79 Å². The molecule has 16 heteroatoms. The van der Waals surface area contributed by atoms with Crippen molar-refractivity contribution in [2.45, 2.75) is 171 Å². The van der Waals surface area contributed by atoms with Crippen molar-refractivity contribution in [2.75, 3.05) is 33.7 Å². The number of carbonyl (C=O) groups excluding carboxylic acids is 1. The van der Waals surface area contributed by atoms with Crippen LogP contribution in [0.25, 0.3) is 10.4 Å². The molecule has 1 fully saturated rings. The van der Waals surface area contributed by atoms with Crippen LogP contribution in [0.5, 0.6) is 11.5 Å². The van der Waals surface area contributed by atoms with E-state index in [0.717, 1.165) is 10.9 Å². The van der Waals surface area contributed by atoms with Gasteiger partial charge in [0, 0.05) is 41.9 Å². The zero-order valence-electron chi connectivity index (χ0n) is 47.8. The Morgan fingerprint density at radius 3 is 1.92 bits per heavy atom. The number of ether oxygens (including phenoxy) is 6. The fourth-order valence-electron chi connectivity index (χ4n) is 9.10. The molecule has 5 rings (SSSR count). The predicted molar refractivity (Wildman–Crippen MR) is 314 cm³/mol. The highest BCUT2D eigenvalue weighted by molar-refractivity contribution is 7.99. The third-order valence-corrected chi connectivity index (χ3v) is 26.9. The molecular weight excluding hydrogens is 1010 g/mol. The number of carbonyl (C=O) groups is 1. The highest BCUT2D eigenvalue weighted by atomic mass is 32.2. The fourth-order valence-corrected chi connectivity index (χ4v) is 17.1. The van der Waals surface area contributed by atoms with Crippen LogP contribution in [-0.4, -0.2) is 94.5 Å². The van der Waals surface area contributed by atoms with Crippen molar-refractivity contribution in [1.82, 2.24) is 0 Å². The molecule has 0 saturated carbocycles. The molecule has 0 bridgehead atoms. The summed E-state index contributed by atoms with van der Waals surface area (Å²) in [5, 5.41) is 5.53. The van der Waals surface area contributed by atoms with Crippen LogP contribution in [0.15, 0.2) is 125 Å². The van der Waals surface area contributed by atoms with Gasteiger partial charge in [0.05, 0.1) is 32.0 Å². The molecule has 1 heterocycles. The van der Waals surface area contributed by atoms with Crippen molar-refractivity contribution in [2.24, 2.45) is 11.0 Å². The van der Waals surface area contributed by atoms with Gasteiger partial charge < -0.3 is 37.3 Å². The molecule has 0 amide bonds. The van der Waals surface area contributed by atoms with Crippen molar-refractivity contribution in [3.8, 4) is 11.5 Å². The second-order valence-electron chi connectivity index (χ2n) is 23.9. The molecule has 1 aliphatic rings. The van der Waals surface area contributed by atoms with Crippen LogP contribution >= 0.6 is 11.8 Å². The number of nitrogens with zero attached hydrogens (tertiary/aromatic N) is 3. The van der Waals surface area contributed by atoms with Gasteiger partial charge in [-0.05, 0) is 109 Å². The summed E-state index contributed by atoms with van der Waals surface area (Å²) in [6.45, 7) is 33.7. The van der Waals surface area contributed by atoms with Crippen molar-refractivity contribution < 1.29 is 42.1 Å². The fraction of sp³-hybridized carbons (Fsp3) is 0.542. The molecule has 12 nitrogen and oxygen atoms in total. The Kier molecular flexibility index (Phi) is 22.1. The number of benzene rings is 4. The van der Waals surface area contributed by atoms with Crippen LogP contribution in [-0.2, 0) is 27.8 Å².